The van der Waals surface area contributed by atoms with Crippen molar-refractivity contribution in [3.05, 3.63) is 41.9 Å². The first-order valence-electron chi connectivity index (χ1n) is 8.71. The molecule has 1 aliphatic rings. The van der Waals surface area contributed by atoms with Crippen LogP contribution in [0.5, 0.6) is 17.4 Å². The molecule has 0 radical (unpaired) electrons. The van der Waals surface area contributed by atoms with Crippen molar-refractivity contribution < 1.29 is 14.3 Å². The minimum Gasteiger partial charge on any atom is -0.497 e. The summed E-state index contributed by atoms with van der Waals surface area (Å²) in [5.41, 5.74) is 6.14. The number of aromatic nitrogens is 2. The summed E-state index contributed by atoms with van der Waals surface area (Å²) in [7, 11) is 1.62. The van der Waals surface area contributed by atoms with E-state index in [4.69, 9.17) is 15.2 Å². The number of hydrogen-bond donors (Lipinski definition) is 1. The summed E-state index contributed by atoms with van der Waals surface area (Å²) >= 11 is 0. The monoisotopic (exact) mass is 356 g/mol. The average Bonchev–Trinajstić information content (AvgIpc) is 2.61. The van der Waals surface area contributed by atoms with Gasteiger partial charge in [0, 0.05) is 23.7 Å². The van der Waals surface area contributed by atoms with Crippen molar-refractivity contribution in [1.29, 1.82) is 0 Å². The molecule has 1 aromatic heterocycles. The second-order valence-electron chi connectivity index (χ2n) is 6.50. The van der Waals surface area contributed by atoms with Gasteiger partial charge in [0.1, 0.15) is 17.3 Å². The van der Waals surface area contributed by atoms with E-state index in [2.05, 4.69) is 14.9 Å². The Kier molecular flexibility index (Phi) is 5.68. The van der Waals surface area contributed by atoms with Crippen molar-refractivity contribution in [2.24, 2.45) is 5.73 Å². The van der Waals surface area contributed by atoms with E-state index in [9.17, 15) is 4.79 Å². The highest BCUT2D eigenvalue weighted by molar-refractivity contribution is 5.75. The van der Waals surface area contributed by atoms with Crippen molar-refractivity contribution >= 4 is 5.91 Å². The topological polar surface area (TPSA) is 90.6 Å². The number of nitrogens with two attached hydrogens (primary N) is 1. The van der Waals surface area contributed by atoms with Gasteiger partial charge in [-0.3, -0.25) is 9.69 Å². The Labute approximate surface area is 153 Å². The quantitative estimate of drug-likeness (QED) is 0.854. The number of benzene rings is 1. The van der Waals surface area contributed by atoms with Crippen LogP contribution < -0.4 is 15.2 Å². The van der Waals surface area contributed by atoms with Crippen molar-refractivity contribution in [2.45, 2.75) is 25.7 Å². The Bertz CT molecular complexity index is 773. The molecule has 0 aliphatic carbocycles. The van der Waals surface area contributed by atoms with Crippen LogP contribution in [0.3, 0.4) is 0 Å². The first-order valence-corrected chi connectivity index (χ1v) is 8.71. The van der Waals surface area contributed by atoms with E-state index in [1.54, 1.807) is 7.11 Å². The number of aryl methyl sites for hydroxylation is 1. The number of amides is 1. The van der Waals surface area contributed by atoms with Gasteiger partial charge in [0.15, 0.2) is 0 Å². The van der Waals surface area contributed by atoms with Crippen LogP contribution in [0.2, 0.25) is 0 Å². The second-order valence-corrected chi connectivity index (χ2v) is 6.50. The lowest BCUT2D eigenvalue weighted by molar-refractivity contribution is -0.119. The molecule has 7 nitrogen and oxygen atoms in total. The normalized spacial score (nSPS) is 15.6. The molecule has 138 valence electrons. The van der Waals surface area contributed by atoms with E-state index in [0.29, 0.717) is 18.2 Å². The maximum absolute atomic E-state index is 11.1. The third-order valence-corrected chi connectivity index (χ3v) is 4.44. The van der Waals surface area contributed by atoms with Crippen molar-refractivity contribution in [3.63, 3.8) is 0 Å². The number of primary amides is 1. The molecule has 3 rings (SSSR count). The Balaban J connectivity index is 1.71. The number of likely N-dealkylation sites (tertiary alicyclic amines) is 1. The number of carbonyl (C=O) groups is 1. The number of hydrogen-bond acceptors (Lipinski definition) is 6. The molecule has 1 fully saturated rings. The lowest BCUT2D eigenvalue weighted by atomic mass is 9.96. The van der Waals surface area contributed by atoms with Crippen molar-refractivity contribution in [2.75, 3.05) is 26.7 Å². The number of ether oxygens (including phenoxy) is 2. The molecule has 2 heterocycles. The highest BCUT2D eigenvalue weighted by atomic mass is 16.5. The predicted molar refractivity (Wildman–Crippen MR) is 97.4 cm³/mol. The van der Waals surface area contributed by atoms with Crippen LogP contribution >= 0.6 is 0 Å². The Hall–Kier alpha value is -2.67. The van der Waals surface area contributed by atoms with Gasteiger partial charge in [-0.2, -0.15) is 4.98 Å². The zero-order valence-corrected chi connectivity index (χ0v) is 15.1. The number of methoxy groups -OCH3 is 1. The van der Waals surface area contributed by atoms with Gasteiger partial charge >= 0.3 is 0 Å². The van der Waals surface area contributed by atoms with Crippen LogP contribution in [0.15, 0.2) is 30.3 Å². The molecule has 0 bridgehead atoms. The molecule has 0 saturated carbocycles. The average molecular weight is 356 g/mol. The second kappa shape index (κ2) is 8.14. The molecule has 2 N–H and O–H groups in total. The van der Waals surface area contributed by atoms with E-state index in [0.717, 1.165) is 43.2 Å². The van der Waals surface area contributed by atoms with E-state index < -0.39 is 0 Å². The standard InChI is InChI=1S/C19H24N4O3/c1-13-10-18(26-16-5-3-4-15(11-16)25-2)22-19(21-13)14-6-8-23(9-7-14)12-17(20)24/h3-5,10-11,14H,6-9,12H2,1-2H3,(H2,20,24). The van der Waals surface area contributed by atoms with Crippen LogP contribution in [0.25, 0.3) is 0 Å². The van der Waals surface area contributed by atoms with Gasteiger partial charge in [-0.15, -0.1) is 0 Å². The van der Waals surface area contributed by atoms with Crippen LogP contribution in [-0.4, -0.2) is 47.5 Å². The number of rotatable bonds is 6. The fourth-order valence-corrected chi connectivity index (χ4v) is 3.15. The molecule has 0 spiro atoms. The molecule has 0 atom stereocenters. The summed E-state index contributed by atoms with van der Waals surface area (Å²) in [4.78, 5) is 22.3. The molecule has 0 unspecified atom stereocenters. The zero-order valence-electron chi connectivity index (χ0n) is 15.1. The summed E-state index contributed by atoms with van der Waals surface area (Å²) in [6.45, 7) is 3.88. The largest absolute Gasteiger partial charge is 0.497 e. The Morgan fingerprint density at radius 1 is 1.23 bits per heavy atom. The third-order valence-electron chi connectivity index (χ3n) is 4.44. The van der Waals surface area contributed by atoms with Gasteiger partial charge in [0.25, 0.3) is 0 Å². The maximum atomic E-state index is 11.1. The summed E-state index contributed by atoms with van der Waals surface area (Å²) in [5.74, 6) is 2.69. The fourth-order valence-electron chi connectivity index (χ4n) is 3.15. The molecule has 26 heavy (non-hydrogen) atoms. The van der Waals surface area contributed by atoms with E-state index in [-0.39, 0.29) is 11.8 Å². The molecular formula is C19H24N4O3. The lowest BCUT2D eigenvalue weighted by Crippen LogP contribution is -2.39. The number of nitrogens with zero attached hydrogens (tertiary/aromatic N) is 3. The minimum absolute atomic E-state index is 0.256. The molecule has 7 heteroatoms. The van der Waals surface area contributed by atoms with Gasteiger partial charge < -0.3 is 15.2 Å². The molecule has 1 aromatic carbocycles. The molecular weight excluding hydrogens is 332 g/mol. The fraction of sp³-hybridized carbons (Fsp3) is 0.421. The molecule has 1 amide bonds. The summed E-state index contributed by atoms with van der Waals surface area (Å²) < 4.78 is 11.1. The summed E-state index contributed by atoms with van der Waals surface area (Å²) in [6.07, 6.45) is 1.80. The zero-order chi connectivity index (χ0) is 18.5. The summed E-state index contributed by atoms with van der Waals surface area (Å²) in [5, 5.41) is 0. The SMILES string of the molecule is COc1cccc(Oc2cc(C)nc(C3CCN(CC(N)=O)CC3)n2)c1. The maximum Gasteiger partial charge on any atom is 0.231 e. The molecule has 1 saturated heterocycles. The minimum atomic E-state index is -0.288. The van der Waals surface area contributed by atoms with Gasteiger partial charge in [-0.05, 0) is 45.0 Å². The number of carbonyl (C=O) groups excluding carboxylic acids is 1. The van der Waals surface area contributed by atoms with Gasteiger partial charge in [0.2, 0.25) is 11.8 Å². The smallest absolute Gasteiger partial charge is 0.231 e. The van der Waals surface area contributed by atoms with E-state index in [1.165, 1.54) is 0 Å². The summed E-state index contributed by atoms with van der Waals surface area (Å²) in [6, 6.07) is 9.24. The predicted octanol–water partition coefficient (Wildman–Crippen LogP) is 2.25. The lowest BCUT2D eigenvalue weighted by Gasteiger charge is -2.30. The van der Waals surface area contributed by atoms with Crippen LogP contribution in [-0.2, 0) is 4.79 Å². The molecule has 2 aromatic rings. The third kappa shape index (κ3) is 4.70. The first-order chi connectivity index (χ1) is 12.5. The van der Waals surface area contributed by atoms with Gasteiger partial charge in [-0.1, -0.05) is 6.07 Å². The van der Waals surface area contributed by atoms with Crippen molar-refractivity contribution in [3.8, 4) is 17.4 Å². The highest BCUT2D eigenvalue weighted by Crippen LogP contribution is 2.29. The van der Waals surface area contributed by atoms with Crippen LogP contribution in [0.4, 0.5) is 0 Å². The van der Waals surface area contributed by atoms with Crippen LogP contribution in [0, 0.1) is 6.92 Å². The van der Waals surface area contributed by atoms with E-state index in [1.807, 2.05) is 37.3 Å². The Morgan fingerprint density at radius 2 is 1.96 bits per heavy atom. The molecule has 1 aliphatic heterocycles. The van der Waals surface area contributed by atoms with Gasteiger partial charge in [-0.25, -0.2) is 4.98 Å². The highest BCUT2D eigenvalue weighted by Gasteiger charge is 2.24. The van der Waals surface area contributed by atoms with E-state index >= 15 is 0 Å². The number of piperidine rings is 1. The first kappa shape index (κ1) is 18.1. The Morgan fingerprint density at radius 3 is 2.65 bits per heavy atom. The van der Waals surface area contributed by atoms with Crippen molar-refractivity contribution in [1.82, 2.24) is 14.9 Å². The van der Waals surface area contributed by atoms with Crippen LogP contribution in [0.1, 0.15) is 30.3 Å². The van der Waals surface area contributed by atoms with Gasteiger partial charge in [0.05, 0.1) is 13.7 Å².